The van der Waals surface area contributed by atoms with Crippen molar-refractivity contribution in [2.24, 2.45) is 0 Å². The van der Waals surface area contributed by atoms with Crippen molar-refractivity contribution in [3.63, 3.8) is 0 Å². The topological polar surface area (TPSA) is 20.2 Å². The van der Waals surface area contributed by atoms with Crippen molar-refractivity contribution in [3.05, 3.63) is 29.3 Å². The Morgan fingerprint density at radius 1 is 1.40 bits per heavy atom. The van der Waals surface area contributed by atoms with Gasteiger partial charge in [0.25, 0.3) is 0 Å². The minimum Gasteiger partial charge on any atom is -0.508 e. The summed E-state index contributed by atoms with van der Waals surface area (Å²) < 4.78 is 0. The van der Waals surface area contributed by atoms with E-state index in [1.54, 1.807) is 6.07 Å². The fourth-order valence-corrected chi connectivity index (χ4v) is 1.15. The maximum atomic E-state index is 9.29. The minimum absolute atomic E-state index is 0.419. The van der Waals surface area contributed by atoms with Gasteiger partial charge in [-0.15, -0.1) is 0 Å². The Morgan fingerprint density at radius 3 is 2.50 bits per heavy atom. The fourth-order valence-electron chi connectivity index (χ4n) is 1.15. The lowest BCUT2D eigenvalue weighted by molar-refractivity contribution is 0.468. The second-order valence-electron chi connectivity index (χ2n) is 2.43. The van der Waals surface area contributed by atoms with Gasteiger partial charge in [-0.2, -0.15) is 0 Å². The van der Waals surface area contributed by atoms with E-state index < -0.39 is 0 Å². The Morgan fingerprint density at radius 2 is 2.10 bits per heavy atom. The molecule has 1 aromatic carbocycles. The van der Waals surface area contributed by atoms with Gasteiger partial charge in [-0.05, 0) is 30.5 Å². The molecular weight excluding hydrogens is 124 g/mol. The highest BCUT2D eigenvalue weighted by Gasteiger charge is 1.99. The van der Waals surface area contributed by atoms with Crippen molar-refractivity contribution in [2.45, 2.75) is 20.3 Å². The van der Waals surface area contributed by atoms with Crippen molar-refractivity contribution in [3.8, 4) is 5.75 Å². The zero-order chi connectivity index (χ0) is 7.56. The van der Waals surface area contributed by atoms with Crippen LogP contribution in [0.3, 0.4) is 0 Å². The SMILES string of the molecule is CCc1c(C)cccc1O. The molecule has 0 saturated heterocycles. The van der Waals surface area contributed by atoms with Crippen LogP contribution in [-0.2, 0) is 6.42 Å². The number of aromatic hydroxyl groups is 1. The van der Waals surface area contributed by atoms with E-state index in [1.807, 2.05) is 26.0 Å². The normalized spacial score (nSPS) is 9.80. The summed E-state index contributed by atoms with van der Waals surface area (Å²) in [5.41, 5.74) is 2.23. The molecule has 0 unspecified atom stereocenters. The molecule has 0 bridgehead atoms. The summed E-state index contributed by atoms with van der Waals surface area (Å²) in [6.45, 7) is 4.06. The first-order valence-electron chi connectivity index (χ1n) is 3.53. The molecule has 1 N–H and O–H groups in total. The monoisotopic (exact) mass is 136 g/mol. The van der Waals surface area contributed by atoms with E-state index in [0.29, 0.717) is 5.75 Å². The standard InChI is InChI=1S/C9H12O/c1-3-8-7(2)5-4-6-9(8)10/h4-6,10H,3H2,1-2H3. The molecule has 0 spiro atoms. The highest BCUT2D eigenvalue weighted by atomic mass is 16.3. The van der Waals surface area contributed by atoms with Crippen LogP contribution in [0.15, 0.2) is 18.2 Å². The Labute approximate surface area is 61.3 Å². The second kappa shape index (κ2) is 2.74. The predicted octanol–water partition coefficient (Wildman–Crippen LogP) is 2.26. The van der Waals surface area contributed by atoms with E-state index in [9.17, 15) is 5.11 Å². The average Bonchev–Trinajstić information content (AvgIpc) is 1.88. The summed E-state index contributed by atoms with van der Waals surface area (Å²) in [5.74, 6) is 0.419. The number of phenols is 1. The van der Waals surface area contributed by atoms with Gasteiger partial charge in [-0.1, -0.05) is 19.1 Å². The number of benzene rings is 1. The van der Waals surface area contributed by atoms with E-state index in [4.69, 9.17) is 0 Å². The molecular formula is C9H12O. The molecule has 0 saturated carbocycles. The Bertz CT molecular complexity index is 208. The smallest absolute Gasteiger partial charge is 0.119 e. The third-order valence-corrected chi connectivity index (χ3v) is 1.74. The summed E-state index contributed by atoms with van der Waals surface area (Å²) in [4.78, 5) is 0. The molecule has 1 rings (SSSR count). The number of aryl methyl sites for hydroxylation is 1. The van der Waals surface area contributed by atoms with Crippen molar-refractivity contribution >= 4 is 0 Å². The van der Waals surface area contributed by atoms with Gasteiger partial charge in [0, 0.05) is 0 Å². The van der Waals surface area contributed by atoms with E-state index in [2.05, 4.69) is 0 Å². The molecule has 10 heavy (non-hydrogen) atoms. The molecule has 0 radical (unpaired) electrons. The molecule has 0 aromatic heterocycles. The van der Waals surface area contributed by atoms with E-state index in [0.717, 1.165) is 12.0 Å². The molecule has 1 aromatic rings. The number of phenolic OH excluding ortho intramolecular Hbond substituents is 1. The van der Waals surface area contributed by atoms with Crippen molar-refractivity contribution in [2.75, 3.05) is 0 Å². The highest BCUT2D eigenvalue weighted by molar-refractivity contribution is 5.38. The summed E-state index contributed by atoms with van der Waals surface area (Å²) in [5, 5.41) is 9.29. The van der Waals surface area contributed by atoms with Crippen molar-refractivity contribution in [1.29, 1.82) is 0 Å². The lowest BCUT2D eigenvalue weighted by atomic mass is 10.1. The first-order chi connectivity index (χ1) is 4.75. The largest absolute Gasteiger partial charge is 0.508 e. The quantitative estimate of drug-likeness (QED) is 0.627. The molecule has 0 aliphatic carbocycles. The minimum atomic E-state index is 0.419. The average molecular weight is 136 g/mol. The number of hydrogen-bond acceptors (Lipinski definition) is 1. The lowest BCUT2D eigenvalue weighted by Crippen LogP contribution is -1.85. The fraction of sp³-hybridized carbons (Fsp3) is 0.333. The van der Waals surface area contributed by atoms with Crippen molar-refractivity contribution in [1.82, 2.24) is 0 Å². The summed E-state index contributed by atoms with van der Waals surface area (Å²) >= 11 is 0. The Kier molecular flexibility index (Phi) is 1.95. The van der Waals surface area contributed by atoms with Crippen LogP contribution < -0.4 is 0 Å². The van der Waals surface area contributed by atoms with Crippen LogP contribution in [0.5, 0.6) is 5.75 Å². The van der Waals surface area contributed by atoms with Crippen molar-refractivity contribution < 1.29 is 5.11 Å². The molecule has 54 valence electrons. The third kappa shape index (κ3) is 1.13. The van der Waals surface area contributed by atoms with Crippen LogP contribution in [0, 0.1) is 6.92 Å². The molecule has 0 fully saturated rings. The maximum absolute atomic E-state index is 9.29. The molecule has 1 heteroatoms. The second-order valence-corrected chi connectivity index (χ2v) is 2.43. The molecule has 0 amide bonds. The molecule has 0 atom stereocenters. The zero-order valence-corrected chi connectivity index (χ0v) is 6.39. The van der Waals surface area contributed by atoms with Crippen LogP contribution in [0.25, 0.3) is 0 Å². The van der Waals surface area contributed by atoms with Crippen LogP contribution in [0.4, 0.5) is 0 Å². The summed E-state index contributed by atoms with van der Waals surface area (Å²) in [6, 6.07) is 5.61. The molecule has 0 heterocycles. The predicted molar refractivity (Wildman–Crippen MR) is 42.2 cm³/mol. The maximum Gasteiger partial charge on any atom is 0.119 e. The van der Waals surface area contributed by atoms with Gasteiger partial charge in [-0.25, -0.2) is 0 Å². The van der Waals surface area contributed by atoms with Gasteiger partial charge < -0.3 is 5.11 Å². The van der Waals surface area contributed by atoms with Crippen LogP contribution in [-0.4, -0.2) is 5.11 Å². The van der Waals surface area contributed by atoms with Gasteiger partial charge in [0.05, 0.1) is 0 Å². The first kappa shape index (κ1) is 7.13. The van der Waals surface area contributed by atoms with Gasteiger partial charge in [0.15, 0.2) is 0 Å². The number of rotatable bonds is 1. The Hall–Kier alpha value is -0.980. The molecule has 0 aliphatic heterocycles. The number of hydrogen-bond donors (Lipinski definition) is 1. The van der Waals surface area contributed by atoms with Crippen LogP contribution in [0.2, 0.25) is 0 Å². The van der Waals surface area contributed by atoms with Gasteiger partial charge in [0.2, 0.25) is 0 Å². The van der Waals surface area contributed by atoms with Gasteiger partial charge in [0.1, 0.15) is 5.75 Å². The van der Waals surface area contributed by atoms with Crippen LogP contribution >= 0.6 is 0 Å². The van der Waals surface area contributed by atoms with Gasteiger partial charge >= 0.3 is 0 Å². The molecule has 0 aliphatic rings. The van der Waals surface area contributed by atoms with E-state index in [-0.39, 0.29) is 0 Å². The summed E-state index contributed by atoms with van der Waals surface area (Å²) in [6.07, 6.45) is 0.901. The zero-order valence-electron chi connectivity index (χ0n) is 6.39. The lowest BCUT2D eigenvalue weighted by Gasteiger charge is -2.03. The van der Waals surface area contributed by atoms with E-state index >= 15 is 0 Å². The Balaban J connectivity index is 3.17. The first-order valence-corrected chi connectivity index (χ1v) is 3.53. The summed E-state index contributed by atoms with van der Waals surface area (Å²) in [7, 11) is 0. The molecule has 1 nitrogen and oxygen atoms in total. The van der Waals surface area contributed by atoms with E-state index in [1.165, 1.54) is 5.56 Å². The third-order valence-electron chi connectivity index (χ3n) is 1.74. The van der Waals surface area contributed by atoms with Crippen LogP contribution in [0.1, 0.15) is 18.1 Å². The highest BCUT2D eigenvalue weighted by Crippen LogP contribution is 2.19. The van der Waals surface area contributed by atoms with Gasteiger partial charge in [-0.3, -0.25) is 0 Å².